The monoisotopic (exact) mass is 256 g/mol. The topological polar surface area (TPSA) is 64.3 Å². The Morgan fingerprint density at radius 1 is 1.50 bits per heavy atom. The molecule has 106 valence electrons. The molecule has 0 saturated heterocycles. The van der Waals surface area contributed by atoms with E-state index >= 15 is 0 Å². The van der Waals surface area contributed by atoms with Gasteiger partial charge in [-0.2, -0.15) is 0 Å². The molecule has 0 aromatic rings. The minimum absolute atomic E-state index is 0.232. The van der Waals surface area contributed by atoms with Gasteiger partial charge in [0.15, 0.2) is 0 Å². The summed E-state index contributed by atoms with van der Waals surface area (Å²) in [7, 11) is 1.74. The second-order valence-electron chi connectivity index (χ2n) is 6.79. The summed E-state index contributed by atoms with van der Waals surface area (Å²) in [5.74, 6) is 0.307. The average molecular weight is 256 g/mol. The van der Waals surface area contributed by atoms with E-state index in [9.17, 15) is 4.79 Å². The standard InChI is InChI=1S/C14H28N2O2/c1-10-6-11(8-13(2,3)7-10)18-9-14(4,16-5)12(15)17/h10-11,16H,6-9H2,1-5H3,(H2,15,17). The zero-order chi connectivity index (χ0) is 14.0. The smallest absolute Gasteiger partial charge is 0.239 e. The van der Waals surface area contributed by atoms with E-state index in [1.165, 1.54) is 6.42 Å². The van der Waals surface area contributed by atoms with Crippen molar-refractivity contribution in [1.29, 1.82) is 0 Å². The Morgan fingerprint density at radius 3 is 2.56 bits per heavy atom. The number of hydrogen-bond acceptors (Lipinski definition) is 3. The quantitative estimate of drug-likeness (QED) is 0.786. The molecule has 1 rings (SSSR count). The number of primary amides is 1. The van der Waals surface area contributed by atoms with Crippen LogP contribution in [0.25, 0.3) is 0 Å². The highest BCUT2D eigenvalue weighted by Gasteiger charge is 2.35. The number of nitrogens with two attached hydrogens (primary N) is 1. The van der Waals surface area contributed by atoms with Gasteiger partial charge >= 0.3 is 0 Å². The van der Waals surface area contributed by atoms with Crippen molar-refractivity contribution in [3.8, 4) is 0 Å². The van der Waals surface area contributed by atoms with Crippen LogP contribution < -0.4 is 11.1 Å². The predicted molar refractivity (Wildman–Crippen MR) is 73.2 cm³/mol. The first-order valence-corrected chi connectivity index (χ1v) is 6.79. The molecule has 1 saturated carbocycles. The van der Waals surface area contributed by atoms with Gasteiger partial charge < -0.3 is 15.8 Å². The maximum absolute atomic E-state index is 11.4. The van der Waals surface area contributed by atoms with Crippen molar-refractivity contribution in [1.82, 2.24) is 5.32 Å². The van der Waals surface area contributed by atoms with E-state index in [1.807, 2.05) is 0 Å². The number of rotatable bonds is 5. The maximum atomic E-state index is 11.4. The van der Waals surface area contributed by atoms with Crippen molar-refractivity contribution in [2.45, 2.75) is 58.6 Å². The minimum Gasteiger partial charge on any atom is -0.376 e. The number of hydrogen-bond donors (Lipinski definition) is 2. The fourth-order valence-corrected chi connectivity index (χ4v) is 2.94. The molecule has 0 bridgehead atoms. The van der Waals surface area contributed by atoms with Crippen molar-refractivity contribution in [2.75, 3.05) is 13.7 Å². The number of carbonyl (C=O) groups excluding carboxylic acids is 1. The van der Waals surface area contributed by atoms with Crippen LogP contribution in [-0.2, 0) is 9.53 Å². The molecule has 0 aromatic heterocycles. The summed E-state index contributed by atoms with van der Waals surface area (Å²) in [6, 6.07) is 0. The van der Waals surface area contributed by atoms with Gasteiger partial charge in [-0.25, -0.2) is 0 Å². The van der Waals surface area contributed by atoms with Gasteiger partial charge in [0.2, 0.25) is 5.91 Å². The highest BCUT2D eigenvalue weighted by molar-refractivity contribution is 5.84. The molecule has 0 spiro atoms. The lowest BCUT2D eigenvalue weighted by atomic mass is 9.71. The first kappa shape index (κ1) is 15.4. The maximum Gasteiger partial charge on any atom is 0.239 e. The molecular weight excluding hydrogens is 228 g/mol. The number of nitrogens with one attached hydrogen (secondary N) is 1. The molecule has 0 aromatic carbocycles. The zero-order valence-corrected chi connectivity index (χ0v) is 12.4. The molecule has 4 nitrogen and oxygen atoms in total. The number of likely N-dealkylation sites (N-methyl/N-ethyl adjacent to an activating group) is 1. The third-order valence-electron chi connectivity index (χ3n) is 4.05. The van der Waals surface area contributed by atoms with Crippen LogP contribution in [0, 0.1) is 11.3 Å². The van der Waals surface area contributed by atoms with Crippen LogP contribution in [0.5, 0.6) is 0 Å². The fraction of sp³-hybridized carbons (Fsp3) is 0.929. The summed E-state index contributed by atoms with van der Waals surface area (Å²) in [6.07, 6.45) is 3.60. The van der Waals surface area contributed by atoms with Crippen LogP contribution >= 0.6 is 0 Å². The van der Waals surface area contributed by atoms with Gasteiger partial charge in [-0.1, -0.05) is 20.8 Å². The summed E-state index contributed by atoms with van der Waals surface area (Å²) in [4.78, 5) is 11.4. The molecule has 1 aliphatic carbocycles. The van der Waals surface area contributed by atoms with Crippen molar-refractivity contribution < 1.29 is 9.53 Å². The third kappa shape index (κ3) is 3.95. The third-order valence-corrected chi connectivity index (χ3v) is 4.05. The van der Waals surface area contributed by atoms with Crippen molar-refractivity contribution in [2.24, 2.45) is 17.1 Å². The van der Waals surface area contributed by atoms with E-state index in [-0.39, 0.29) is 12.0 Å². The van der Waals surface area contributed by atoms with E-state index < -0.39 is 5.54 Å². The van der Waals surface area contributed by atoms with Gasteiger partial charge in [-0.15, -0.1) is 0 Å². The Bertz CT molecular complexity index is 304. The molecule has 0 heterocycles. The molecule has 3 unspecified atom stereocenters. The fourth-order valence-electron chi connectivity index (χ4n) is 2.94. The summed E-state index contributed by atoms with van der Waals surface area (Å²) in [5, 5.41) is 2.95. The molecule has 1 aliphatic rings. The largest absolute Gasteiger partial charge is 0.376 e. The Kier molecular flexibility index (Phi) is 4.78. The first-order chi connectivity index (χ1) is 8.18. The van der Waals surface area contributed by atoms with Gasteiger partial charge in [0.05, 0.1) is 12.7 Å². The Morgan fingerprint density at radius 2 is 2.11 bits per heavy atom. The van der Waals surface area contributed by atoms with E-state index in [1.54, 1.807) is 14.0 Å². The Balaban J connectivity index is 2.55. The number of ether oxygens (including phenoxy) is 1. The summed E-state index contributed by atoms with van der Waals surface area (Å²) in [6.45, 7) is 8.95. The molecule has 3 atom stereocenters. The van der Waals surface area contributed by atoms with E-state index in [4.69, 9.17) is 10.5 Å². The van der Waals surface area contributed by atoms with E-state index in [0.29, 0.717) is 17.9 Å². The van der Waals surface area contributed by atoms with Crippen molar-refractivity contribution in [3.63, 3.8) is 0 Å². The zero-order valence-electron chi connectivity index (χ0n) is 12.4. The summed E-state index contributed by atoms with van der Waals surface area (Å²) < 4.78 is 5.94. The second-order valence-corrected chi connectivity index (χ2v) is 6.79. The van der Waals surface area contributed by atoms with Crippen LogP contribution in [0.3, 0.4) is 0 Å². The van der Waals surface area contributed by atoms with E-state index in [2.05, 4.69) is 26.1 Å². The first-order valence-electron chi connectivity index (χ1n) is 6.79. The number of amides is 1. The van der Waals surface area contributed by atoms with Crippen LogP contribution in [0.2, 0.25) is 0 Å². The predicted octanol–water partition coefficient (Wildman–Crippen LogP) is 1.68. The van der Waals surface area contributed by atoms with Crippen LogP contribution in [0.15, 0.2) is 0 Å². The molecular formula is C14H28N2O2. The molecule has 0 radical (unpaired) electrons. The SMILES string of the molecule is CNC(C)(COC1CC(C)CC(C)(C)C1)C(N)=O. The van der Waals surface area contributed by atoms with Gasteiger partial charge in [-0.3, -0.25) is 4.79 Å². The normalized spacial score (nSPS) is 30.7. The molecule has 1 amide bonds. The second kappa shape index (κ2) is 5.57. The minimum atomic E-state index is -0.773. The molecule has 0 aliphatic heterocycles. The van der Waals surface area contributed by atoms with Crippen LogP contribution in [0.1, 0.15) is 47.0 Å². The lowest BCUT2D eigenvalue weighted by Gasteiger charge is -2.40. The Labute approximate surface area is 111 Å². The lowest BCUT2D eigenvalue weighted by molar-refractivity contribution is -0.128. The lowest BCUT2D eigenvalue weighted by Crippen LogP contribution is -2.55. The van der Waals surface area contributed by atoms with Gasteiger partial charge in [0.1, 0.15) is 5.54 Å². The van der Waals surface area contributed by atoms with Crippen molar-refractivity contribution in [3.05, 3.63) is 0 Å². The number of carbonyl (C=O) groups is 1. The summed E-state index contributed by atoms with van der Waals surface area (Å²) in [5.41, 5.74) is 4.95. The van der Waals surface area contributed by atoms with Gasteiger partial charge in [0, 0.05) is 0 Å². The van der Waals surface area contributed by atoms with Gasteiger partial charge in [-0.05, 0) is 44.6 Å². The molecule has 4 heteroatoms. The average Bonchev–Trinajstić information content (AvgIpc) is 2.22. The van der Waals surface area contributed by atoms with Crippen LogP contribution in [-0.4, -0.2) is 31.2 Å². The van der Waals surface area contributed by atoms with E-state index in [0.717, 1.165) is 12.8 Å². The molecule has 3 N–H and O–H groups in total. The summed E-state index contributed by atoms with van der Waals surface area (Å²) >= 11 is 0. The highest BCUT2D eigenvalue weighted by atomic mass is 16.5. The Hall–Kier alpha value is -0.610. The molecule has 18 heavy (non-hydrogen) atoms. The van der Waals surface area contributed by atoms with Gasteiger partial charge in [0.25, 0.3) is 0 Å². The molecule has 1 fully saturated rings. The highest BCUT2D eigenvalue weighted by Crippen LogP contribution is 2.39. The van der Waals surface area contributed by atoms with Crippen LogP contribution in [0.4, 0.5) is 0 Å². The van der Waals surface area contributed by atoms with Crippen molar-refractivity contribution >= 4 is 5.91 Å².